The molecule has 1 atom stereocenters. The van der Waals surface area contributed by atoms with Crippen molar-refractivity contribution < 1.29 is 19.4 Å². The van der Waals surface area contributed by atoms with Crippen LogP contribution in [0.3, 0.4) is 0 Å². The third-order valence-corrected chi connectivity index (χ3v) is 4.30. The Morgan fingerprint density at radius 3 is 2.00 bits per heavy atom. The Balaban J connectivity index is 1.67. The number of aliphatic carboxylic acids is 1. The Hall–Kier alpha value is -3.60. The highest BCUT2D eigenvalue weighted by Gasteiger charge is 2.19. The molecule has 1 amide bonds. The number of hydrogen-bond donors (Lipinski definition) is 2. The molecule has 0 heterocycles. The Labute approximate surface area is 163 Å². The molecule has 0 aliphatic rings. The summed E-state index contributed by atoms with van der Waals surface area (Å²) in [5.41, 5.74) is 3.66. The van der Waals surface area contributed by atoms with Crippen LogP contribution < -0.4 is 5.32 Å². The van der Waals surface area contributed by atoms with Crippen molar-refractivity contribution in [1.29, 1.82) is 0 Å². The molecule has 5 nitrogen and oxygen atoms in total. The summed E-state index contributed by atoms with van der Waals surface area (Å²) in [6.45, 7) is 0.124. The number of carbonyl (C=O) groups excluding carboxylic acids is 1. The molecule has 2 N–H and O–H groups in total. The minimum Gasteiger partial charge on any atom is -0.481 e. The number of carboxylic acids is 1. The minimum atomic E-state index is -1.000. The van der Waals surface area contributed by atoms with Gasteiger partial charge in [-0.15, -0.1) is 0 Å². The van der Waals surface area contributed by atoms with Gasteiger partial charge in [-0.3, -0.25) is 4.79 Å². The van der Waals surface area contributed by atoms with Crippen molar-refractivity contribution >= 4 is 12.1 Å². The molecule has 0 aliphatic heterocycles. The molecule has 0 bridgehead atoms. The number of carbonyl (C=O) groups is 2. The lowest BCUT2D eigenvalue weighted by Crippen LogP contribution is -2.30. The van der Waals surface area contributed by atoms with E-state index in [1.807, 2.05) is 84.9 Å². The molecule has 5 heteroatoms. The number of amides is 1. The summed E-state index contributed by atoms with van der Waals surface area (Å²) in [6, 6.07) is 26.0. The molecule has 0 unspecified atom stereocenters. The summed E-state index contributed by atoms with van der Waals surface area (Å²) < 4.78 is 5.21. The van der Waals surface area contributed by atoms with Gasteiger partial charge in [-0.05, 0) is 22.3 Å². The molecular formula is C23H21NO4. The summed E-state index contributed by atoms with van der Waals surface area (Å²) in [6.07, 6.45) is -0.882. The fourth-order valence-electron chi connectivity index (χ4n) is 2.87. The molecule has 142 valence electrons. The average molecular weight is 375 g/mol. The van der Waals surface area contributed by atoms with E-state index in [0.717, 1.165) is 16.7 Å². The van der Waals surface area contributed by atoms with Crippen molar-refractivity contribution in [2.24, 2.45) is 0 Å². The number of ether oxygens (including phenoxy) is 1. The maximum Gasteiger partial charge on any atom is 0.407 e. The molecule has 0 aromatic heterocycles. The molecule has 0 radical (unpaired) electrons. The maximum absolute atomic E-state index is 12.1. The molecule has 3 rings (SSSR count). The van der Waals surface area contributed by atoms with E-state index in [-0.39, 0.29) is 13.0 Å². The van der Waals surface area contributed by atoms with Crippen LogP contribution in [0.4, 0.5) is 4.79 Å². The van der Waals surface area contributed by atoms with E-state index in [1.54, 1.807) is 0 Å². The molecule has 28 heavy (non-hydrogen) atoms. The monoisotopic (exact) mass is 375 g/mol. The third kappa shape index (κ3) is 5.45. The molecule has 0 fully saturated rings. The van der Waals surface area contributed by atoms with Crippen LogP contribution in [0.2, 0.25) is 0 Å². The molecule has 0 aliphatic carbocycles. The highest BCUT2D eigenvalue weighted by Crippen LogP contribution is 2.23. The number of benzene rings is 3. The van der Waals surface area contributed by atoms with Crippen molar-refractivity contribution in [3.05, 3.63) is 96.1 Å². The summed E-state index contributed by atoms with van der Waals surface area (Å²) >= 11 is 0. The zero-order chi connectivity index (χ0) is 19.8. The van der Waals surface area contributed by atoms with Gasteiger partial charge in [0.05, 0.1) is 12.5 Å². The highest BCUT2D eigenvalue weighted by atomic mass is 16.5. The predicted molar refractivity (Wildman–Crippen MR) is 107 cm³/mol. The molecular weight excluding hydrogens is 354 g/mol. The third-order valence-electron chi connectivity index (χ3n) is 4.30. The van der Waals surface area contributed by atoms with Crippen molar-refractivity contribution in [3.8, 4) is 11.1 Å². The summed E-state index contributed by atoms with van der Waals surface area (Å²) in [4.78, 5) is 23.4. The number of carboxylic acid groups (broad SMARTS) is 1. The summed E-state index contributed by atoms with van der Waals surface area (Å²) in [5.74, 6) is -1.000. The van der Waals surface area contributed by atoms with Crippen LogP contribution in [0.1, 0.15) is 23.6 Å². The molecule has 0 saturated heterocycles. The van der Waals surface area contributed by atoms with Crippen LogP contribution in [0, 0.1) is 0 Å². The normalized spacial score (nSPS) is 11.4. The van der Waals surface area contributed by atoms with Crippen molar-refractivity contribution in [2.45, 2.75) is 19.1 Å². The van der Waals surface area contributed by atoms with Crippen LogP contribution in [-0.2, 0) is 16.1 Å². The molecule has 3 aromatic carbocycles. The van der Waals surface area contributed by atoms with Gasteiger partial charge in [0.1, 0.15) is 6.61 Å². The molecule has 0 saturated carbocycles. The number of nitrogens with one attached hydrogen (secondary N) is 1. The Morgan fingerprint density at radius 2 is 1.39 bits per heavy atom. The standard InChI is InChI=1S/C23H21NO4/c25-22(26)15-21(24-23(27)28-16-17-7-3-1-4-8-17)20-13-11-19(12-14-20)18-9-5-2-6-10-18/h1-14,21H,15-16H2,(H,24,27)(H,25,26)/t21-/m0/s1. The lowest BCUT2D eigenvalue weighted by Gasteiger charge is -2.18. The first-order valence-electron chi connectivity index (χ1n) is 8.96. The van der Waals surface area contributed by atoms with Gasteiger partial charge in [0.2, 0.25) is 0 Å². The Morgan fingerprint density at radius 1 is 0.821 bits per heavy atom. The fourth-order valence-corrected chi connectivity index (χ4v) is 2.87. The van der Waals surface area contributed by atoms with Gasteiger partial charge in [-0.2, -0.15) is 0 Å². The van der Waals surface area contributed by atoms with Crippen LogP contribution in [-0.4, -0.2) is 17.2 Å². The van der Waals surface area contributed by atoms with E-state index in [9.17, 15) is 14.7 Å². The summed E-state index contributed by atoms with van der Waals surface area (Å²) in [5, 5.41) is 11.9. The second-order valence-electron chi connectivity index (χ2n) is 6.34. The number of alkyl carbamates (subject to hydrolysis) is 1. The zero-order valence-corrected chi connectivity index (χ0v) is 15.2. The second kappa shape index (κ2) is 9.37. The predicted octanol–water partition coefficient (Wildman–Crippen LogP) is 4.80. The van der Waals surface area contributed by atoms with Gasteiger partial charge in [0.25, 0.3) is 0 Å². The smallest absolute Gasteiger partial charge is 0.407 e. The quantitative estimate of drug-likeness (QED) is 0.622. The van der Waals surface area contributed by atoms with E-state index in [1.165, 1.54) is 0 Å². The van der Waals surface area contributed by atoms with Crippen LogP contribution in [0.5, 0.6) is 0 Å². The van der Waals surface area contributed by atoms with Gasteiger partial charge >= 0.3 is 12.1 Å². The lowest BCUT2D eigenvalue weighted by molar-refractivity contribution is -0.137. The van der Waals surface area contributed by atoms with Gasteiger partial charge in [-0.1, -0.05) is 84.9 Å². The average Bonchev–Trinajstić information content (AvgIpc) is 2.73. The molecule has 0 spiro atoms. The van der Waals surface area contributed by atoms with Gasteiger partial charge < -0.3 is 15.2 Å². The maximum atomic E-state index is 12.1. The van der Waals surface area contributed by atoms with Crippen LogP contribution in [0.15, 0.2) is 84.9 Å². The summed E-state index contributed by atoms with van der Waals surface area (Å²) in [7, 11) is 0. The lowest BCUT2D eigenvalue weighted by atomic mass is 9.99. The van der Waals surface area contributed by atoms with E-state index in [4.69, 9.17) is 4.74 Å². The van der Waals surface area contributed by atoms with Crippen molar-refractivity contribution in [2.75, 3.05) is 0 Å². The van der Waals surface area contributed by atoms with E-state index in [2.05, 4.69) is 5.32 Å². The Bertz CT molecular complexity index is 908. The second-order valence-corrected chi connectivity index (χ2v) is 6.34. The Kier molecular flexibility index (Phi) is 6.41. The topological polar surface area (TPSA) is 75.6 Å². The number of rotatable bonds is 7. The first kappa shape index (κ1) is 19.2. The van der Waals surface area contributed by atoms with Gasteiger partial charge in [-0.25, -0.2) is 4.79 Å². The minimum absolute atomic E-state index is 0.124. The van der Waals surface area contributed by atoms with E-state index in [0.29, 0.717) is 5.56 Å². The first-order valence-corrected chi connectivity index (χ1v) is 8.96. The van der Waals surface area contributed by atoms with Crippen LogP contribution in [0.25, 0.3) is 11.1 Å². The first-order chi connectivity index (χ1) is 13.6. The number of hydrogen-bond acceptors (Lipinski definition) is 3. The van der Waals surface area contributed by atoms with Gasteiger partial charge in [0, 0.05) is 0 Å². The van der Waals surface area contributed by atoms with Gasteiger partial charge in [0.15, 0.2) is 0 Å². The zero-order valence-electron chi connectivity index (χ0n) is 15.2. The van der Waals surface area contributed by atoms with E-state index < -0.39 is 18.1 Å². The highest BCUT2D eigenvalue weighted by molar-refractivity contribution is 5.72. The molecule has 3 aromatic rings. The largest absolute Gasteiger partial charge is 0.481 e. The fraction of sp³-hybridized carbons (Fsp3) is 0.130. The van der Waals surface area contributed by atoms with Crippen molar-refractivity contribution in [1.82, 2.24) is 5.32 Å². The SMILES string of the molecule is O=C(O)C[C@H](NC(=O)OCc1ccccc1)c1ccc(-c2ccccc2)cc1. The van der Waals surface area contributed by atoms with E-state index >= 15 is 0 Å². The van der Waals surface area contributed by atoms with Crippen LogP contribution >= 0.6 is 0 Å². The van der Waals surface area contributed by atoms with Crippen molar-refractivity contribution in [3.63, 3.8) is 0 Å².